The number of aliphatic carboxylic acids is 1. The van der Waals surface area contributed by atoms with Gasteiger partial charge in [-0.3, -0.25) is 9.59 Å². The number of ketones is 2. The molecule has 10 atom stereocenters. The molecule has 4 aliphatic rings. The van der Waals surface area contributed by atoms with Gasteiger partial charge in [0.25, 0.3) is 0 Å². The number of Topliss-reactive ketones (excluding diaryl/α,β-unsaturated/α-hetero) is 2. The molecular formula is C43H60O7. The van der Waals surface area contributed by atoms with Crippen LogP contribution < -0.4 is 0 Å². The van der Waals surface area contributed by atoms with Gasteiger partial charge in [-0.1, -0.05) is 104 Å². The minimum atomic E-state index is -1.08. The van der Waals surface area contributed by atoms with Gasteiger partial charge in [-0.2, -0.15) is 0 Å². The molecule has 4 N–H and O–H groups in total. The molecule has 0 heterocycles. The molecule has 2 saturated carbocycles. The zero-order chi connectivity index (χ0) is 37.0. The quantitative estimate of drug-likeness (QED) is 0.176. The van der Waals surface area contributed by atoms with Crippen molar-refractivity contribution in [2.75, 3.05) is 0 Å². The van der Waals surface area contributed by atoms with Gasteiger partial charge in [-0.05, 0) is 78.4 Å². The number of benzene rings is 1. The van der Waals surface area contributed by atoms with Crippen LogP contribution in [0.2, 0.25) is 0 Å². The first-order valence-electron chi connectivity index (χ1n) is 18.8. The lowest BCUT2D eigenvalue weighted by Gasteiger charge is -2.63. The Bertz CT molecular complexity index is 1570. The molecule has 1 aromatic rings. The summed E-state index contributed by atoms with van der Waals surface area (Å²) in [4.78, 5) is 40.2. The van der Waals surface area contributed by atoms with Crippen LogP contribution in [0.15, 0.2) is 59.2 Å². The lowest BCUT2D eigenvalue weighted by molar-refractivity contribution is -0.150. The first kappa shape index (κ1) is 38.4. The molecule has 5 rings (SSSR count). The highest BCUT2D eigenvalue weighted by Gasteiger charge is 2.71. The Hall–Kier alpha value is -2.87. The van der Waals surface area contributed by atoms with Gasteiger partial charge in [0, 0.05) is 46.2 Å². The van der Waals surface area contributed by atoms with Gasteiger partial charge in [-0.25, -0.2) is 4.79 Å². The van der Waals surface area contributed by atoms with E-state index in [9.17, 15) is 34.8 Å². The van der Waals surface area contributed by atoms with Crippen LogP contribution in [-0.4, -0.2) is 56.3 Å². The van der Waals surface area contributed by atoms with Crippen LogP contribution in [-0.2, 0) is 14.4 Å². The number of aliphatic hydroxyl groups is 3. The monoisotopic (exact) mass is 688 g/mol. The summed E-state index contributed by atoms with van der Waals surface area (Å²) in [5.41, 5.74) is -0.679. The van der Waals surface area contributed by atoms with Crippen molar-refractivity contribution in [2.45, 2.75) is 125 Å². The van der Waals surface area contributed by atoms with Crippen LogP contribution in [0, 0.1) is 51.2 Å². The molecule has 0 amide bonds. The van der Waals surface area contributed by atoms with Gasteiger partial charge in [0.05, 0.1) is 18.3 Å². The Balaban J connectivity index is 1.54. The lowest BCUT2D eigenvalue weighted by atomic mass is 9.40. The van der Waals surface area contributed by atoms with Gasteiger partial charge in [-0.15, -0.1) is 0 Å². The predicted octanol–water partition coefficient (Wildman–Crippen LogP) is 7.59. The first-order chi connectivity index (χ1) is 23.3. The molecule has 0 unspecified atom stereocenters. The number of carbonyl (C=O) groups excluding carboxylic acids is 2. The molecule has 50 heavy (non-hydrogen) atoms. The van der Waals surface area contributed by atoms with Crippen LogP contribution in [0.25, 0.3) is 6.08 Å². The number of fused-ring (bicyclic) bond motifs is 4. The Labute approximate surface area is 299 Å². The maximum Gasteiger partial charge on any atom is 0.331 e. The zero-order valence-corrected chi connectivity index (χ0v) is 31.4. The van der Waals surface area contributed by atoms with Gasteiger partial charge in [0.1, 0.15) is 5.78 Å². The van der Waals surface area contributed by atoms with Crippen molar-refractivity contribution in [1.29, 1.82) is 0 Å². The summed E-state index contributed by atoms with van der Waals surface area (Å²) in [5, 5.41) is 45.8. The van der Waals surface area contributed by atoms with E-state index in [1.165, 1.54) is 6.08 Å². The minimum absolute atomic E-state index is 0.0211. The average Bonchev–Trinajstić information content (AvgIpc) is 3.24. The Kier molecular flexibility index (Phi) is 10.7. The van der Waals surface area contributed by atoms with E-state index in [0.717, 1.165) is 18.4 Å². The van der Waals surface area contributed by atoms with Crippen LogP contribution >= 0.6 is 0 Å². The van der Waals surface area contributed by atoms with Crippen LogP contribution in [0.5, 0.6) is 0 Å². The number of hydrogen-bond acceptors (Lipinski definition) is 6. The second-order valence-electron chi connectivity index (χ2n) is 17.8. The first-order valence-corrected chi connectivity index (χ1v) is 18.8. The van der Waals surface area contributed by atoms with Crippen molar-refractivity contribution < 1.29 is 34.8 Å². The second kappa shape index (κ2) is 13.9. The molecule has 7 heteroatoms. The minimum Gasteiger partial charge on any atom is -0.478 e. The molecule has 4 aliphatic carbocycles. The third kappa shape index (κ3) is 6.30. The molecule has 274 valence electrons. The number of carbonyl (C=O) groups is 3. The van der Waals surface area contributed by atoms with Crippen molar-refractivity contribution in [1.82, 2.24) is 0 Å². The number of carboxylic acid groups (broad SMARTS) is 1. The molecule has 7 nitrogen and oxygen atoms in total. The number of rotatable bonds is 11. The summed E-state index contributed by atoms with van der Waals surface area (Å²) >= 11 is 0. The van der Waals surface area contributed by atoms with E-state index in [2.05, 4.69) is 27.7 Å². The fourth-order valence-electron chi connectivity index (χ4n) is 11.3. The predicted molar refractivity (Wildman–Crippen MR) is 196 cm³/mol. The van der Waals surface area contributed by atoms with E-state index in [1.54, 1.807) is 0 Å². The molecule has 0 saturated heterocycles. The molecule has 2 fully saturated rings. The van der Waals surface area contributed by atoms with Crippen LogP contribution in [0.3, 0.4) is 0 Å². The summed E-state index contributed by atoms with van der Waals surface area (Å²) < 4.78 is 0. The highest BCUT2D eigenvalue weighted by atomic mass is 16.4. The Morgan fingerprint density at radius 1 is 1.02 bits per heavy atom. The van der Waals surface area contributed by atoms with Crippen LogP contribution in [0.1, 0.15) is 112 Å². The molecule has 1 aromatic carbocycles. The van der Waals surface area contributed by atoms with Crippen molar-refractivity contribution in [3.63, 3.8) is 0 Å². The highest BCUT2D eigenvalue weighted by molar-refractivity contribution is 6.01. The van der Waals surface area contributed by atoms with E-state index >= 15 is 0 Å². The Morgan fingerprint density at radius 3 is 2.30 bits per heavy atom. The molecule has 0 radical (unpaired) electrons. The number of allylic oxidation sites excluding steroid dienone is 1. The number of carboxylic acids is 1. The molecule has 0 spiro atoms. The largest absolute Gasteiger partial charge is 0.478 e. The van der Waals surface area contributed by atoms with E-state index < -0.39 is 51.9 Å². The maximum absolute atomic E-state index is 14.7. The highest BCUT2D eigenvalue weighted by Crippen LogP contribution is 2.72. The third-order valence-electron chi connectivity index (χ3n) is 14.0. The summed E-state index contributed by atoms with van der Waals surface area (Å²) in [6.07, 6.45) is 6.38. The standard InChI is InChI=1S/C43H60O7/c1-25(2)13-12-16-28(39(49)50)22-29(44)21-26(3)31-23-34(47)43(8)36-35(32(45)24-42(31,43)7)41(6)20-19-33(46)40(4,5)38(41)30(37(36)48)18-17-27-14-10-9-11-15-27/h9-11,14-15,17-18,22,25-26,29-31,34,37-38,44,47-48H,12-13,16,19-21,23-24H2,1-8H3,(H,49,50)/b18-17+,28-22+/t26-,29+,30+,31-,34+,37-,38-,41-,42-,43+/m1/s1. The average molecular weight is 689 g/mol. The summed E-state index contributed by atoms with van der Waals surface area (Å²) in [7, 11) is 0. The third-order valence-corrected chi connectivity index (χ3v) is 14.0. The van der Waals surface area contributed by atoms with Gasteiger partial charge in [0.15, 0.2) is 5.78 Å². The summed E-state index contributed by atoms with van der Waals surface area (Å²) in [6.45, 7) is 16.3. The van der Waals surface area contributed by atoms with Crippen molar-refractivity contribution in [3.05, 3.63) is 64.8 Å². The van der Waals surface area contributed by atoms with Gasteiger partial charge >= 0.3 is 5.97 Å². The number of aliphatic hydroxyl groups excluding tert-OH is 3. The molecular weight excluding hydrogens is 628 g/mol. The summed E-state index contributed by atoms with van der Waals surface area (Å²) in [6, 6.07) is 9.86. The second-order valence-corrected chi connectivity index (χ2v) is 17.8. The van der Waals surface area contributed by atoms with Crippen molar-refractivity contribution >= 4 is 23.6 Å². The van der Waals surface area contributed by atoms with E-state index in [4.69, 9.17) is 0 Å². The molecule has 0 bridgehead atoms. The van der Waals surface area contributed by atoms with Crippen molar-refractivity contribution in [2.24, 2.45) is 51.2 Å². The zero-order valence-electron chi connectivity index (χ0n) is 31.4. The van der Waals surface area contributed by atoms with Gasteiger partial charge in [0.2, 0.25) is 0 Å². The Morgan fingerprint density at radius 2 is 1.68 bits per heavy atom. The van der Waals surface area contributed by atoms with Crippen LogP contribution in [0.4, 0.5) is 0 Å². The normalized spacial score (nSPS) is 36.7. The smallest absolute Gasteiger partial charge is 0.331 e. The SMILES string of the molecule is CC(C)CCC/C(=C\[C@@H](O)C[C@@H](C)[C@H]1C[C@H](O)[C@@]2(C)C3=C(C(=O)C[C@]12C)[C@@]1(C)CCC(=O)C(C)(C)[C@H]1[C@@H](/C=C/c1ccccc1)[C@H]3O)C(=O)O. The van der Waals surface area contributed by atoms with E-state index in [1.807, 2.05) is 70.2 Å². The lowest BCUT2D eigenvalue weighted by Crippen LogP contribution is -2.63. The van der Waals surface area contributed by atoms with Gasteiger partial charge < -0.3 is 20.4 Å². The number of hydrogen-bond donors (Lipinski definition) is 4. The van der Waals surface area contributed by atoms with E-state index in [-0.39, 0.29) is 41.3 Å². The molecule has 0 aromatic heterocycles. The van der Waals surface area contributed by atoms with Crippen molar-refractivity contribution in [3.8, 4) is 0 Å². The molecule has 0 aliphatic heterocycles. The topological polar surface area (TPSA) is 132 Å². The van der Waals surface area contributed by atoms with E-state index in [0.29, 0.717) is 49.2 Å². The fourth-order valence-corrected chi connectivity index (χ4v) is 11.3. The maximum atomic E-state index is 14.7. The fraction of sp³-hybridized carbons (Fsp3) is 0.651. The summed E-state index contributed by atoms with van der Waals surface area (Å²) in [5.74, 6) is -1.53.